The highest BCUT2D eigenvalue weighted by Crippen LogP contribution is 2.09. The van der Waals surface area contributed by atoms with E-state index >= 15 is 0 Å². The number of carbonyl (C=O) groups excluding carboxylic acids is 1. The molecule has 5 heteroatoms. The lowest BCUT2D eigenvalue weighted by Crippen LogP contribution is -2.29. The smallest absolute Gasteiger partial charge is 0.224 e. The molecule has 0 aromatic heterocycles. The highest BCUT2D eigenvalue weighted by atomic mass is 79.9. The third-order valence-electron chi connectivity index (χ3n) is 1.93. The summed E-state index contributed by atoms with van der Waals surface area (Å²) in [7, 11) is 0. The van der Waals surface area contributed by atoms with Gasteiger partial charge in [0.15, 0.2) is 11.6 Å². The van der Waals surface area contributed by atoms with E-state index in [1.165, 1.54) is 6.07 Å². The minimum absolute atomic E-state index is 0.0525. The van der Waals surface area contributed by atoms with Crippen molar-refractivity contribution in [3.63, 3.8) is 0 Å². The summed E-state index contributed by atoms with van der Waals surface area (Å²) >= 11 is 3.29. The van der Waals surface area contributed by atoms with Crippen LogP contribution in [0.1, 0.15) is 12.5 Å². The maximum absolute atomic E-state index is 12.8. The van der Waals surface area contributed by atoms with Crippen LogP contribution in [-0.2, 0) is 11.2 Å². The lowest BCUT2D eigenvalue weighted by atomic mass is 10.1. The maximum atomic E-state index is 12.8. The van der Waals surface area contributed by atoms with Gasteiger partial charge in [-0.3, -0.25) is 4.79 Å². The van der Waals surface area contributed by atoms with Gasteiger partial charge in [0, 0.05) is 11.4 Å². The van der Waals surface area contributed by atoms with Crippen LogP contribution in [0, 0.1) is 11.6 Å². The summed E-state index contributed by atoms with van der Waals surface area (Å²) in [6.07, 6.45) is 0.0525. The maximum Gasteiger partial charge on any atom is 0.224 e. The largest absolute Gasteiger partial charge is 0.355 e. The van der Waals surface area contributed by atoms with Crippen molar-refractivity contribution in [2.24, 2.45) is 0 Å². The Labute approximate surface area is 101 Å². The molecule has 0 radical (unpaired) electrons. The summed E-state index contributed by atoms with van der Waals surface area (Å²) < 4.78 is 25.4. The molecular weight excluding hydrogens is 280 g/mol. The molecule has 0 heterocycles. The fraction of sp³-hybridized carbons (Fsp3) is 0.364. The Morgan fingerprint density at radius 3 is 2.69 bits per heavy atom. The SMILES string of the molecule is CC(Br)CNC(=O)Cc1ccc(F)c(F)c1. The van der Waals surface area contributed by atoms with Crippen LogP contribution in [0.4, 0.5) is 8.78 Å². The van der Waals surface area contributed by atoms with Gasteiger partial charge in [-0.15, -0.1) is 0 Å². The number of hydrogen-bond donors (Lipinski definition) is 1. The molecule has 0 aliphatic rings. The second-order valence-electron chi connectivity index (χ2n) is 3.51. The minimum atomic E-state index is -0.931. The number of amides is 1. The lowest BCUT2D eigenvalue weighted by molar-refractivity contribution is -0.120. The van der Waals surface area contributed by atoms with Gasteiger partial charge in [0.2, 0.25) is 5.91 Å². The van der Waals surface area contributed by atoms with Crippen molar-refractivity contribution in [3.05, 3.63) is 35.4 Å². The Morgan fingerprint density at radius 2 is 2.12 bits per heavy atom. The van der Waals surface area contributed by atoms with E-state index < -0.39 is 11.6 Å². The van der Waals surface area contributed by atoms with Crippen LogP contribution in [0.3, 0.4) is 0 Å². The molecule has 88 valence electrons. The highest BCUT2D eigenvalue weighted by Gasteiger charge is 2.07. The van der Waals surface area contributed by atoms with E-state index in [0.717, 1.165) is 12.1 Å². The minimum Gasteiger partial charge on any atom is -0.355 e. The van der Waals surface area contributed by atoms with E-state index in [9.17, 15) is 13.6 Å². The number of carbonyl (C=O) groups is 1. The Kier molecular flexibility index (Phi) is 4.86. The molecule has 0 aliphatic carbocycles. The molecule has 0 bridgehead atoms. The molecule has 1 amide bonds. The normalized spacial score (nSPS) is 12.2. The number of halogens is 3. The molecule has 0 fully saturated rings. The van der Waals surface area contributed by atoms with Gasteiger partial charge in [-0.2, -0.15) is 0 Å². The molecule has 1 N–H and O–H groups in total. The lowest BCUT2D eigenvalue weighted by Gasteiger charge is -2.06. The van der Waals surface area contributed by atoms with Gasteiger partial charge in [0.1, 0.15) is 0 Å². The van der Waals surface area contributed by atoms with Crippen LogP contribution >= 0.6 is 15.9 Å². The van der Waals surface area contributed by atoms with Crippen molar-refractivity contribution in [2.45, 2.75) is 18.2 Å². The zero-order valence-electron chi connectivity index (χ0n) is 8.77. The Morgan fingerprint density at radius 1 is 1.44 bits per heavy atom. The van der Waals surface area contributed by atoms with Crippen molar-refractivity contribution in [1.29, 1.82) is 0 Å². The monoisotopic (exact) mass is 291 g/mol. The molecule has 0 saturated heterocycles. The standard InChI is InChI=1S/C11H12BrF2NO/c1-7(12)6-15-11(16)5-8-2-3-9(13)10(14)4-8/h2-4,7H,5-6H2,1H3,(H,15,16). The first-order valence-corrected chi connectivity index (χ1v) is 5.75. The van der Waals surface area contributed by atoms with E-state index in [-0.39, 0.29) is 17.2 Å². The third-order valence-corrected chi connectivity index (χ3v) is 2.25. The van der Waals surface area contributed by atoms with Crippen molar-refractivity contribution < 1.29 is 13.6 Å². The number of alkyl halides is 1. The van der Waals surface area contributed by atoms with E-state index in [1.807, 2.05) is 6.92 Å². The topological polar surface area (TPSA) is 29.1 Å². The summed E-state index contributed by atoms with van der Waals surface area (Å²) in [5.74, 6) is -2.05. The van der Waals surface area contributed by atoms with Gasteiger partial charge < -0.3 is 5.32 Å². The van der Waals surface area contributed by atoms with Gasteiger partial charge in [0.05, 0.1) is 6.42 Å². The summed E-state index contributed by atoms with van der Waals surface area (Å²) in [4.78, 5) is 11.5. The third kappa shape index (κ3) is 4.26. The average Bonchev–Trinajstić information content (AvgIpc) is 2.21. The van der Waals surface area contributed by atoms with Gasteiger partial charge >= 0.3 is 0 Å². The van der Waals surface area contributed by atoms with Crippen LogP contribution in [0.15, 0.2) is 18.2 Å². The van der Waals surface area contributed by atoms with Crippen LogP contribution in [0.25, 0.3) is 0 Å². The van der Waals surface area contributed by atoms with Crippen LogP contribution in [0.2, 0.25) is 0 Å². The zero-order chi connectivity index (χ0) is 12.1. The molecule has 0 aliphatic heterocycles. The molecule has 1 unspecified atom stereocenters. The summed E-state index contributed by atoms with van der Waals surface area (Å²) in [5.41, 5.74) is 0.457. The van der Waals surface area contributed by atoms with E-state index in [2.05, 4.69) is 21.2 Å². The van der Waals surface area contributed by atoms with E-state index in [1.54, 1.807) is 0 Å². The molecule has 16 heavy (non-hydrogen) atoms. The second kappa shape index (κ2) is 5.94. The van der Waals surface area contributed by atoms with Crippen molar-refractivity contribution in [1.82, 2.24) is 5.32 Å². The first-order chi connectivity index (χ1) is 7.49. The van der Waals surface area contributed by atoms with Gasteiger partial charge in [0.25, 0.3) is 0 Å². The average molecular weight is 292 g/mol. The molecule has 1 aromatic rings. The Balaban J connectivity index is 2.53. The van der Waals surface area contributed by atoms with Crippen molar-refractivity contribution in [3.8, 4) is 0 Å². The fourth-order valence-corrected chi connectivity index (χ4v) is 1.31. The van der Waals surface area contributed by atoms with Crippen molar-refractivity contribution in [2.75, 3.05) is 6.54 Å². The van der Waals surface area contributed by atoms with Gasteiger partial charge in [-0.05, 0) is 17.7 Å². The summed E-state index contributed by atoms with van der Waals surface area (Å²) in [6, 6.07) is 3.45. The number of rotatable bonds is 4. The van der Waals surface area contributed by atoms with Crippen LogP contribution in [0.5, 0.6) is 0 Å². The molecular formula is C11H12BrF2NO. The summed E-state index contributed by atoms with van der Waals surface area (Å²) in [6.45, 7) is 2.40. The van der Waals surface area contributed by atoms with E-state index in [4.69, 9.17) is 0 Å². The molecule has 0 spiro atoms. The first-order valence-electron chi connectivity index (χ1n) is 4.83. The molecule has 1 aromatic carbocycles. The predicted molar refractivity (Wildman–Crippen MR) is 61.5 cm³/mol. The Bertz CT molecular complexity index is 382. The molecule has 0 saturated carbocycles. The highest BCUT2D eigenvalue weighted by molar-refractivity contribution is 9.09. The fourth-order valence-electron chi connectivity index (χ4n) is 1.15. The van der Waals surface area contributed by atoms with Gasteiger partial charge in [-0.25, -0.2) is 8.78 Å². The number of nitrogens with one attached hydrogen (secondary N) is 1. The molecule has 1 rings (SSSR count). The van der Waals surface area contributed by atoms with Crippen molar-refractivity contribution >= 4 is 21.8 Å². The zero-order valence-corrected chi connectivity index (χ0v) is 10.4. The van der Waals surface area contributed by atoms with Gasteiger partial charge in [-0.1, -0.05) is 28.9 Å². The van der Waals surface area contributed by atoms with E-state index in [0.29, 0.717) is 12.1 Å². The summed E-state index contributed by atoms with van der Waals surface area (Å²) in [5, 5.41) is 2.66. The second-order valence-corrected chi connectivity index (χ2v) is 5.07. The molecule has 1 atom stereocenters. The Hall–Kier alpha value is -0.970. The first kappa shape index (κ1) is 13.1. The molecule has 2 nitrogen and oxygen atoms in total. The number of benzene rings is 1. The van der Waals surface area contributed by atoms with Crippen LogP contribution < -0.4 is 5.32 Å². The predicted octanol–water partition coefficient (Wildman–Crippen LogP) is 2.41. The quantitative estimate of drug-likeness (QED) is 0.848. The number of hydrogen-bond acceptors (Lipinski definition) is 1. The van der Waals surface area contributed by atoms with Crippen LogP contribution in [-0.4, -0.2) is 17.3 Å².